The fourth-order valence-electron chi connectivity index (χ4n) is 4.52. The molecule has 1 atom stereocenters. The number of hydrogen-bond donors (Lipinski definition) is 2. The molecular formula is C26H56N4. The molecule has 0 bridgehead atoms. The van der Waals surface area contributed by atoms with Crippen LogP contribution in [0.3, 0.4) is 0 Å². The first-order chi connectivity index (χ1) is 14.8. The Morgan fingerprint density at radius 2 is 1.40 bits per heavy atom. The van der Waals surface area contributed by atoms with Gasteiger partial charge in [0.2, 0.25) is 0 Å². The van der Waals surface area contributed by atoms with Crippen molar-refractivity contribution < 1.29 is 0 Å². The van der Waals surface area contributed by atoms with Crippen LogP contribution >= 0.6 is 0 Å². The lowest BCUT2D eigenvalue weighted by atomic mass is 10.1. The molecule has 1 aliphatic rings. The van der Waals surface area contributed by atoms with Crippen molar-refractivity contribution in [2.24, 2.45) is 0 Å². The molecule has 30 heavy (non-hydrogen) atoms. The quantitative estimate of drug-likeness (QED) is 0.245. The zero-order valence-electron chi connectivity index (χ0n) is 21.0. The highest BCUT2D eigenvalue weighted by Crippen LogP contribution is 2.10. The topological polar surface area (TPSA) is 30.5 Å². The van der Waals surface area contributed by atoms with Gasteiger partial charge in [0, 0.05) is 51.9 Å². The average molecular weight is 425 g/mol. The number of rotatable bonds is 21. The predicted octanol–water partition coefficient (Wildman–Crippen LogP) is 5.28. The third kappa shape index (κ3) is 15.6. The highest BCUT2D eigenvalue weighted by molar-refractivity contribution is 4.75. The zero-order valence-corrected chi connectivity index (χ0v) is 21.0. The molecule has 1 fully saturated rings. The molecule has 1 heterocycles. The maximum absolute atomic E-state index is 3.96. The Balaban J connectivity index is 2.48. The molecule has 0 radical (unpaired) electrons. The average Bonchev–Trinajstić information content (AvgIpc) is 2.78. The Labute approximate surface area is 189 Å². The molecule has 0 aromatic heterocycles. The van der Waals surface area contributed by atoms with Crippen LogP contribution in [0, 0.1) is 0 Å². The summed E-state index contributed by atoms with van der Waals surface area (Å²) < 4.78 is 0. The first-order valence-corrected chi connectivity index (χ1v) is 13.7. The molecule has 0 saturated carbocycles. The Morgan fingerprint density at radius 3 is 2.07 bits per heavy atom. The van der Waals surface area contributed by atoms with E-state index in [1.807, 2.05) is 0 Å². The van der Waals surface area contributed by atoms with E-state index in [9.17, 15) is 0 Å². The summed E-state index contributed by atoms with van der Waals surface area (Å²) in [6.07, 6.45) is 17.8. The van der Waals surface area contributed by atoms with E-state index in [0.717, 1.165) is 13.1 Å². The van der Waals surface area contributed by atoms with E-state index in [0.29, 0.717) is 6.04 Å². The van der Waals surface area contributed by atoms with Gasteiger partial charge in [0.25, 0.3) is 0 Å². The van der Waals surface area contributed by atoms with Crippen molar-refractivity contribution in [2.45, 2.75) is 110 Å². The van der Waals surface area contributed by atoms with Crippen LogP contribution in [0.15, 0.2) is 0 Å². The van der Waals surface area contributed by atoms with Crippen molar-refractivity contribution in [1.29, 1.82) is 0 Å². The summed E-state index contributed by atoms with van der Waals surface area (Å²) in [5.74, 6) is 0. The van der Waals surface area contributed by atoms with E-state index in [4.69, 9.17) is 0 Å². The number of nitrogens with one attached hydrogen (secondary N) is 2. The minimum absolute atomic E-state index is 0.678. The van der Waals surface area contributed by atoms with Gasteiger partial charge in [0.05, 0.1) is 0 Å². The Morgan fingerprint density at radius 1 is 0.767 bits per heavy atom. The minimum Gasteiger partial charge on any atom is -0.314 e. The van der Waals surface area contributed by atoms with Gasteiger partial charge in [-0.25, -0.2) is 0 Å². The second kappa shape index (κ2) is 20.7. The van der Waals surface area contributed by atoms with Crippen LogP contribution in [-0.4, -0.2) is 74.7 Å². The van der Waals surface area contributed by atoms with Gasteiger partial charge in [-0.2, -0.15) is 0 Å². The van der Waals surface area contributed by atoms with Gasteiger partial charge in [-0.3, -0.25) is 4.90 Å². The first-order valence-electron chi connectivity index (χ1n) is 13.7. The van der Waals surface area contributed by atoms with Crippen molar-refractivity contribution in [1.82, 2.24) is 20.4 Å². The highest BCUT2D eigenvalue weighted by atomic mass is 15.2. The number of hydrogen-bond acceptors (Lipinski definition) is 4. The maximum atomic E-state index is 3.96. The molecule has 0 spiro atoms. The maximum Gasteiger partial charge on any atom is 0.0195 e. The fraction of sp³-hybridized carbons (Fsp3) is 1.00. The fourth-order valence-corrected chi connectivity index (χ4v) is 4.52. The zero-order chi connectivity index (χ0) is 21.7. The highest BCUT2D eigenvalue weighted by Gasteiger charge is 2.16. The SMILES string of the molecule is CCCCCCNC(CCCCCC)CN(CCCCCC)CCN1CCNCC1. The molecule has 1 rings (SSSR count). The second-order valence-electron chi connectivity index (χ2n) is 9.51. The van der Waals surface area contributed by atoms with Gasteiger partial charge >= 0.3 is 0 Å². The molecule has 4 heteroatoms. The van der Waals surface area contributed by atoms with Crippen molar-refractivity contribution in [3.63, 3.8) is 0 Å². The van der Waals surface area contributed by atoms with Crippen molar-refractivity contribution in [3.05, 3.63) is 0 Å². The molecule has 4 nitrogen and oxygen atoms in total. The summed E-state index contributed by atoms with van der Waals surface area (Å²) in [7, 11) is 0. The lowest BCUT2D eigenvalue weighted by Crippen LogP contribution is -2.48. The Hall–Kier alpha value is -0.160. The minimum atomic E-state index is 0.678. The summed E-state index contributed by atoms with van der Waals surface area (Å²) in [4.78, 5) is 5.45. The van der Waals surface area contributed by atoms with Gasteiger partial charge < -0.3 is 15.5 Å². The molecule has 1 saturated heterocycles. The molecule has 0 aromatic rings. The molecule has 1 unspecified atom stereocenters. The van der Waals surface area contributed by atoms with E-state index in [1.54, 1.807) is 0 Å². The standard InChI is InChI=1S/C26H56N4/c1-4-7-10-13-16-26(28-17-14-11-8-5-2)25-30(20-15-12-9-6-3)24-23-29-21-18-27-19-22-29/h26-28H,4-25H2,1-3H3. The van der Waals surface area contributed by atoms with Crippen LogP contribution in [0.2, 0.25) is 0 Å². The van der Waals surface area contributed by atoms with Gasteiger partial charge in [-0.15, -0.1) is 0 Å². The van der Waals surface area contributed by atoms with E-state index in [2.05, 4.69) is 41.2 Å². The smallest absolute Gasteiger partial charge is 0.0195 e. The van der Waals surface area contributed by atoms with Crippen molar-refractivity contribution in [3.8, 4) is 0 Å². The van der Waals surface area contributed by atoms with Gasteiger partial charge in [-0.1, -0.05) is 85.0 Å². The van der Waals surface area contributed by atoms with Crippen LogP contribution in [-0.2, 0) is 0 Å². The second-order valence-corrected chi connectivity index (χ2v) is 9.51. The van der Waals surface area contributed by atoms with Crippen molar-refractivity contribution in [2.75, 3.05) is 58.9 Å². The normalized spacial score (nSPS) is 16.4. The lowest BCUT2D eigenvalue weighted by molar-refractivity contribution is 0.173. The van der Waals surface area contributed by atoms with Crippen LogP contribution in [0.25, 0.3) is 0 Å². The van der Waals surface area contributed by atoms with E-state index in [1.165, 1.54) is 129 Å². The van der Waals surface area contributed by atoms with Crippen LogP contribution in [0.4, 0.5) is 0 Å². The van der Waals surface area contributed by atoms with Gasteiger partial charge in [0.1, 0.15) is 0 Å². The molecular weight excluding hydrogens is 368 g/mol. The third-order valence-corrected chi connectivity index (χ3v) is 6.62. The summed E-state index contributed by atoms with van der Waals surface area (Å²) in [5, 5.41) is 7.45. The largest absolute Gasteiger partial charge is 0.314 e. The Kier molecular flexibility index (Phi) is 19.3. The molecule has 0 aliphatic carbocycles. The van der Waals surface area contributed by atoms with Crippen molar-refractivity contribution >= 4 is 0 Å². The number of piperazine rings is 1. The van der Waals surface area contributed by atoms with E-state index < -0.39 is 0 Å². The Bertz CT molecular complexity index is 344. The van der Waals surface area contributed by atoms with Crippen LogP contribution in [0.5, 0.6) is 0 Å². The summed E-state index contributed by atoms with van der Waals surface area (Å²) in [6.45, 7) is 17.9. The van der Waals surface area contributed by atoms with Gasteiger partial charge in [-0.05, 0) is 32.4 Å². The van der Waals surface area contributed by atoms with Crippen LogP contribution < -0.4 is 10.6 Å². The van der Waals surface area contributed by atoms with Gasteiger partial charge in [0.15, 0.2) is 0 Å². The molecule has 0 aromatic carbocycles. The molecule has 0 amide bonds. The predicted molar refractivity (Wildman–Crippen MR) is 135 cm³/mol. The number of nitrogens with zero attached hydrogens (tertiary/aromatic N) is 2. The lowest BCUT2D eigenvalue weighted by Gasteiger charge is -2.32. The molecule has 2 N–H and O–H groups in total. The summed E-state index contributed by atoms with van der Waals surface area (Å²) in [5.41, 5.74) is 0. The van der Waals surface area contributed by atoms with E-state index in [-0.39, 0.29) is 0 Å². The first kappa shape index (κ1) is 27.9. The number of unbranched alkanes of at least 4 members (excludes halogenated alkanes) is 9. The van der Waals surface area contributed by atoms with E-state index >= 15 is 0 Å². The third-order valence-electron chi connectivity index (χ3n) is 6.62. The molecule has 1 aliphatic heterocycles. The summed E-state index contributed by atoms with van der Waals surface area (Å²) >= 11 is 0. The van der Waals surface area contributed by atoms with Crippen LogP contribution in [0.1, 0.15) is 104 Å². The molecule has 180 valence electrons. The monoisotopic (exact) mass is 424 g/mol. The summed E-state index contributed by atoms with van der Waals surface area (Å²) in [6, 6.07) is 0.678.